The van der Waals surface area contributed by atoms with Crippen LogP contribution in [0.1, 0.15) is 56.4 Å². The van der Waals surface area contributed by atoms with Gasteiger partial charge in [0, 0.05) is 10.3 Å². The number of aromatic nitrogens is 2. The van der Waals surface area contributed by atoms with Gasteiger partial charge in [0.2, 0.25) is 0 Å². The van der Waals surface area contributed by atoms with Gasteiger partial charge in [-0.15, -0.1) is 11.3 Å². The van der Waals surface area contributed by atoms with Gasteiger partial charge in [-0.05, 0) is 55.9 Å². The molecule has 2 aromatic heterocycles. The van der Waals surface area contributed by atoms with Gasteiger partial charge >= 0.3 is 5.97 Å². The minimum absolute atomic E-state index is 0.104. The molecule has 26 heavy (non-hydrogen) atoms. The third kappa shape index (κ3) is 3.91. The molecule has 4 nitrogen and oxygen atoms in total. The van der Waals surface area contributed by atoms with Crippen molar-refractivity contribution in [3.63, 3.8) is 0 Å². The van der Waals surface area contributed by atoms with E-state index in [1.54, 1.807) is 17.7 Å². The first-order chi connectivity index (χ1) is 12.6. The van der Waals surface area contributed by atoms with Crippen molar-refractivity contribution >= 4 is 39.3 Å². The zero-order valence-corrected chi connectivity index (χ0v) is 17.1. The molecule has 3 unspecified atom stereocenters. The molecule has 2 aliphatic carbocycles. The molecule has 2 aliphatic rings. The lowest BCUT2D eigenvalue weighted by Gasteiger charge is -2.26. The molecule has 0 radical (unpaired) electrons. The van der Waals surface area contributed by atoms with Crippen LogP contribution in [0.15, 0.2) is 11.4 Å². The van der Waals surface area contributed by atoms with Gasteiger partial charge in [-0.3, -0.25) is 4.79 Å². The third-order valence-electron chi connectivity index (χ3n) is 5.57. The second-order valence-electron chi connectivity index (χ2n) is 7.88. The number of rotatable bonds is 4. The van der Waals surface area contributed by atoms with E-state index in [-0.39, 0.29) is 12.1 Å². The summed E-state index contributed by atoms with van der Waals surface area (Å²) in [6.07, 6.45) is 9.63. The van der Waals surface area contributed by atoms with Gasteiger partial charge in [0.05, 0.1) is 5.75 Å². The van der Waals surface area contributed by atoms with Crippen LogP contribution in [0.4, 0.5) is 0 Å². The summed E-state index contributed by atoms with van der Waals surface area (Å²) in [5.74, 6) is 1.62. The molecule has 2 aromatic rings. The maximum absolute atomic E-state index is 12.3. The van der Waals surface area contributed by atoms with Crippen molar-refractivity contribution in [2.75, 3.05) is 5.75 Å². The molecule has 0 saturated heterocycles. The van der Waals surface area contributed by atoms with Crippen molar-refractivity contribution in [3.8, 4) is 0 Å². The van der Waals surface area contributed by atoms with Crippen LogP contribution >= 0.6 is 23.1 Å². The Kier molecular flexibility index (Phi) is 5.50. The van der Waals surface area contributed by atoms with Crippen LogP contribution < -0.4 is 0 Å². The Morgan fingerprint density at radius 1 is 1.27 bits per heavy atom. The van der Waals surface area contributed by atoms with Crippen LogP contribution in [0.25, 0.3) is 10.2 Å². The van der Waals surface area contributed by atoms with Crippen molar-refractivity contribution < 1.29 is 9.53 Å². The lowest BCUT2D eigenvalue weighted by atomic mass is 9.89. The van der Waals surface area contributed by atoms with E-state index in [0.29, 0.717) is 11.7 Å². The normalized spacial score (nSPS) is 25.8. The summed E-state index contributed by atoms with van der Waals surface area (Å²) in [7, 11) is 0. The van der Waals surface area contributed by atoms with Crippen LogP contribution in [0.5, 0.6) is 0 Å². The van der Waals surface area contributed by atoms with Gasteiger partial charge in [-0.25, -0.2) is 9.97 Å². The number of hydrogen-bond acceptors (Lipinski definition) is 6. The predicted molar refractivity (Wildman–Crippen MR) is 107 cm³/mol. The molecular formula is C20H26N2O2S2. The Bertz CT molecular complexity index is 804. The summed E-state index contributed by atoms with van der Waals surface area (Å²) in [5.41, 5.74) is 1.42. The van der Waals surface area contributed by atoms with E-state index in [4.69, 9.17) is 4.74 Å². The number of carbonyl (C=O) groups excluding carboxylic acids is 1. The first-order valence-electron chi connectivity index (χ1n) is 9.67. The molecule has 0 N–H and O–H groups in total. The fourth-order valence-corrected chi connectivity index (χ4v) is 6.41. The molecule has 140 valence electrons. The van der Waals surface area contributed by atoms with E-state index in [1.165, 1.54) is 40.4 Å². The van der Waals surface area contributed by atoms with Crippen LogP contribution in [0.2, 0.25) is 0 Å². The number of esters is 1. The van der Waals surface area contributed by atoms with Gasteiger partial charge in [0.1, 0.15) is 22.3 Å². The molecule has 3 atom stereocenters. The van der Waals surface area contributed by atoms with Crippen molar-refractivity contribution in [2.45, 2.75) is 69.9 Å². The zero-order chi connectivity index (χ0) is 18.1. The molecule has 0 aliphatic heterocycles. The average molecular weight is 391 g/mol. The van der Waals surface area contributed by atoms with Crippen LogP contribution in [0.3, 0.4) is 0 Å². The van der Waals surface area contributed by atoms with Crippen molar-refractivity contribution in [1.29, 1.82) is 0 Å². The zero-order valence-electron chi connectivity index (χ0n) is 15.5. The van der Waals surface area contributed by atoms with Gasteiger partial charge < -0.3 is 4.74 Å². The standard InChI is InChI=1S/C20H26N2O2S2/c1-12-4-3-5-14(8-12)24-17(23)10-25-19-18-15-7-6-13(2)9-16(15)26-20(18)22-11-21-19/h11-14H,3-10H2,1-2H3. The second-order valence-corrected chi connectivity index (χ2v) is 9.93. The molecule has 0 aromatic carbocycles. The highest BCUT2D eigenvalue weighted by Crippen LogP contribution is 2.40. The Balaban J connectivity index is 1.45. The third-order valence-corrected chi connectivity index (χ3v) is 7.70. The Labute approximate surface area is 163 Å². The molecular weight excluding hydrogens is 364 g/mol. The van der Waals surface area contributed by atoms with E-state index in [9.17, 15) is 4.79 Å². The largest absolute Gasteiger partial charge is 0.462 e. The summed E-state index contributed by atoms with van der Waals surface area (Å²) in [4.78, 5) is 23.8. The van der Waals surface area contributed by atoms with E-state index in [0.717, 1.165) is 47.9 Å². The van der Waals surface area contributed by atoms with E-state index < -0.39 is 0 Å². The van der Waals surface area contributed by atoms with Crippen molar-refractivity contribution in [1.82, 2.24) is 9.97 Å². The number of aryl methyl sites for hydroxylation is 1. The summed E-state index contributed by atoms with van der Waals surface area (Å²) < 4.78 is 5.70. The average Bonchev–Trinajstić information content (AvgIpc) is 2.98. The van der Waals surface area contributed by atoms with E-state index in [1.807, 2.05) is 0 Å². The van der Waals surface area contributed by atoms with E-state index >= 15 is 0 Å². The highest BCUT2D eigenvalue weighted by Gasteiger charge is 2.25. The minimum Gasteiger partial charge on any atom is -0.462 e. The highest BCUT2D eigenvalue weighted by atomic mass is 32.2. The van der Waals surface area contributed by atoms with E-state index in [2.05, 4.69) is 23.8 Å². The van der Waals surface area contributed by atoms with Crippen LogP contribution in [-0.4, -0.2) is 27.8 Å². The Morgan fingerprint density at radius 2 is 2.15 bits per heavy atom. The highest BCUT2D eigenvalue weighted by molar-refractivity contribution is 8.00. The van der Waals surface area contributed by atoms with Crippen LogP contribution in [-0.2, 0) is 22.4 Å². The Morgan fingerprint density at radius 3 is 3.00 bits per heavy atom. The fraction of sp³-hybridized carbons (Fsp3) is 0.650. The number of carbonyl (C=O) groups is 1. The molecule has 0 amide bonds. The van der Waals surface area contributed by atoms with Gasteiger partial charge in [-0.2, -0.15) is 0 Å². The summed E-state index contributed by atoms with van der Waals surface area (Å²) >= 11 is 3.31. The number of thioether (sulfide) groups is 1. The quantitative estimate of drug-likeness (QED) is 0.416. The maximum atomic E-state index is 12.3. The van der Waals surface area contributed by atoms with Gasteiger partial charge in [0.25, 0.3) is 0 Å². The smallest absolute Gasteiger partial charge is 0.316 e. The SMILES string of the molecule is CC1CCc2c(sc3ncnc(SCC(=O)OC4CCCC(C)C4)c23)C1. The lowest BCUT2D eigenvalue weighted by Crippen LogP contribution is -2.25. The molecule has 2 heterocycles. The monoisotopic (exact) mass is 390 g/mol. The van der Waals surface area contributed by atoms with Gasteiger partial charge in [-0.1, -0.05) is 32.0 Å². The lowest BCUT2D eigenvalue weighted by molar-refractivity contribution is -0.147. The summed E-state index contributed by atoms with van der Waals surface area (Å²) in [5, 5.41) is 2.12. The summed E-state index contributed by atoms with van der Waals surface area (Å²) in [6, 6.07) is 0. The number of hydrogen-bond donors (Lipinski definition) is 0. The molecule has 1 fully saturated rings. The number of ether oxygens (including phenoxy) is 1. The molecule has 0 bridgehead atoms. The first-order valence-corrected chi connectivity index (χ1v) is 11.5. The van der Waals surface area contributed by atoms with Crippen molar-refractivity contribution in [2.24, 2.45) is 11.8 Å². The topological polar surface area (TPSA) is 52.1 Å². The number of nitrogens with zero attached hydrogens (tertiary/aromatic N) is 2. The molecule has 0 spiro atoms. The molecule has 1 saturated carbocycles. The van der Waals surface area contributed by atoms with Crippen molar-refractivity contribution in [3.05, 3.63) is 16.8 Å². The Hall–Kier alpha value is -1.14. The second kappa shape index (κ2) is 7.85. The molecule has 4 rings (SSSR count). The predicted octanol–water partition coefficient (Wildman–Crippen LogP) is 5.03. The maximum Gasteiger partial charge on any atom is 0.316 e. The van der Waals surface area contributed by atoms with Crippen LogP contribution in [0, 0.1) is 11.8 Å². The number of fused-ring (bicyclic) bond motifs is 3. The van der Waals surface area contributed by atoms with Gasteiger partial charge in [0.15, 0.2) is 0 Å². The number of thiophene rings is 1. The summed E-state index contributed by atoms with van der Waals surface area (Å²) in [6.45, 7) is 4.56. The first kappa shape index (κ1) is 18.2. The fourth-order valence-electron chi connectivity index (χ4n) is 4.19. The minimum atomic E-state index is -0.112. The molecule has 6 heteroatoms.